The maximum Gasteiger partial charge on any atom is 0.166 e. The van der Waals surface area contributed by atoms with Crippen molar-refractivity contribution in [3.05, 3.63) is 142 Å². The van der Waals surface area contributed by atoms with Gasteiger partial charge in [0.15, 0.2) is 11.7 Å². The summed E-state index contributed by atoms with van der Waals surface area (Å²) in [5, 5.41) is 0. The Morgan fingerprint density at radius 3 is 1.65 bits per heavy atom. The summed E-state index contributed by atoms with van der Waals surface area (Å²) in [6, 6.07) is 29.9. The Bertz CT molecular complexity index is 1270. The van der Waals surface area contributed by atoms with Crippen LogP contribution in [-0.2, 0) is 6.42 Å². The highest BCUT2D eigenvalue weighted by molar-refractivity contribution is 5.83. The van der Waals surface area contributed by atoms with E-state index in [-0.39, 0.29) is 16.9 Å². The Labute approximate surface area is 198 Å². The number of benzene rings is 4. The van der Waals surface area contributed by atoms with Crippen molar-refractivity contribution in [2.45, 2.75) is 19.3 Å². The first-order chi connectivity index (χ1) is 16.5. The van der Waals surface area contributed by atoms with Gasteiger partial charge in [-0.2, -0.15) is 0 Å². The molecule has 0 nitrogen and oxygen atoms in total. The van der Waals surface area contributed by atoms with E-state index in [0.29, 0.717) is 5.92 Å². The summed E-state index contributed by atoms with van der Waals surface area (Å²) in [7, 11) is 0. The third-order valence-electron chi connectivity index (χ3n) is 5.81. The molecule has 0 heterocycles. The monoisotopic (exact) mass is 454 g/mol. The number of hydrogen-bond donors (Lipinski definition) is 0. The summed E-state index contributed by atoms with van der Waals surface area (Å²) in [5.74, 6) is -1.72. The Morgan fingerprint density at radius 1 is 0.647 bits per heavy atom. The van der Waals surface area contributed by atoms with Gasteiger partial charge in [0.05, 0.1) is 0 Å². The Hall–Kier alpha value is -3.85. The van der Waals surface area contributed by atoms with Crippen LogP contribution >= 0.6 is 0 Å². The van der Waals surface area contributed by atoms with Gasteiger partial charge in [-0.15, -0.1) is 0 Å². The van der Waals surface area contributed by atoms with Gasteiger partial charge in [0.2, 0.25) is 0 Å². The standard InChI is InChI=1S/C31H25F3/c1-22(26-5-3-2-4-6-26)21-25-11-17-28(18-12-25)31(34)30(33)27-15-9-23(10-16-27)7-8-24-13-19-29(32)20-14-24/h2-20,22H,21H2,1H3/t22-/m0/s1. The first-order valence-electron chi connectivity index (χ1n) is 11.2. The molecule has 170 valence electrons. The van der Waals surface area contributed by atoms with Gasteiger partial charge in [-0.3, -0.25) is 0 Å². The molecule has 0 aliphatic carbocycles. The third kappa shape index (κ3) is 5.93. The lowest BCUT2D eigenvalue weighted by atomic mass is 9.93. The lowest BCUT2D eigenvalue weighted by molar-refractivity contribution is 0.628. The van der Waals surface area contributed by atoms with Crippen LogP contribution in [0.25, 0.3) is 23.8 Å². The van der Waals surface area contributed by atoms with E-state index in [1.165, 1.54) is 17.7 Å². The summed E-state index contributed by atoms with van der Waals surface area (Å²) >= 11 is 0. The highest BCUT2D eigenvalue weighted by Crippen LogP contribution is 2.30. The van der Waals surface area contributed by atoms with Crippen molar-refractivity contribution in [3.8, 4) is 0 Å². The first-order valence-corrected chi connectivity index (χ1v) is 11.2. The van der Waals surface area contributed by atoms with Crippen molar-refractivity contribution in [1.29, 1.82) is 0 Å². The molecule has 34 heavy (non-hydrogen) atoms. The highest BCUT2D eigenvalue weighted by atomic mass is 19.2. The molecule has 4 rings (SSSR count). The Kier molecular flexibility index (Phi) is 7.44. The molecule has 0 N–H and O–H groups in total. The minimum atomic E-state index is -0.889. The fourth-order valence-electron chi connectivity index (χ4n) is 3.80. The zero-order chi connectivity index (χ0) is 23.9. The molecular weight excluding hydrogens is 429 g/mol. The van der Waals surface area contributed by atoms with Crippen LogP contribution in [0.1, 0.15) is 46.2 Å². The van der Waals surface area contributed by atoms with Crippen LogP contribution < -0.4 is 0 Å². The maximum absolute atomic E-state index is 14.8. The van der Waals surface area contributed by atoms with Crippen LogP contribution in [0.5, 0.6) is 0 Å². The molecule has 0 saturated heterocycles. The molecule has 0 aliphatic rings. The normalized spacial score (nSPS) is 13.1. The molecule has 0 amide bonds. The van der Waals surface area contributed by atoms with Gasteiger partial charge in [0.1, 0.15) is 5.82 Å². The Balaban J connectivity index is 1.44. The average molecular weight is 455 g/mol. The summed E-state index contributed by atoms with van der Waals surface area (Å²) in [5.41, 5.74) is 4.40. The quantitative estimate of drug-likeness (QED) is 0.244. The van der Waals surface area contributed by atoms with Gasteiger partial charge >= 0.3 is 0 Å². The van der Waals surface area contributed by atoms with E-state index < -0.39 is 11.7 Å². The lowest BCUT2D eigenvalue weighted by Gasteiger charge is -2.12. The van der Waals surface area contributed by atoms with Gasteiger partial charge in [-0.1, -0.05) is 110 Å². The van der Waals surface area contributed by atoms with Gasteiger partial charge in [0.25, 0.3) is 0 Å². The van der Waals surface area contributed by atoms with Crippen molar-refractivity contribution in [2.24, 2.45) is 0 Å². The minimum absolute atomic E-state index is 0.179. The van der Waals surface area contributed by atoms with E-state index in [0.717, 1.165) is 23.1 Å². The molecule has 0 bridgehead atoms. The van der Waals surface area contributed by atoms with Crippen LogP contribution in [0, 0.1) is 5.82 Å². The minimum Gasteiger partial charge on any atom is -0.207 e. The topological polar surface area (TPSA) is 0 Å². The van der Waals surface area contributed by atoms with E-state index in [4.69, 9.17) is 0 Å². The molecule has 0 unspecified atom stereocenters. The van der Waals surface area contributed by atoms with Crippen molar-refractivity contribution in [1.82, 2.24) is 0 Å². The predicted molar refractivity (Wildman–Crippen MR) is 136 cm³/mol. The molecule has 3 heteroatoms. The molecule has 4 aromatic rings. The van der Waals surface area contributed by atoms with E-state index in [2.05, 4.69) is 19.1 Å². The zero-order valence-corrected chi connectivity index (χ0v) is 18.9. The SMILES string of the molecule is C[C@@H](Cc1ccc(C(F)=C(F)c2ccc(C=Cc3ccc(F)cc3)cc2)cc1)c1ccccc1. The number of hydrogen-bond acceptors (Lipinski definition) is 0. The van der Waals surface area contributed by atoms with Crippen molar-refractivity contribution < 1.29 is 13.2 Å². The van der Waals surface area contributed by atoms with Crippen LogP contribution in [0.4, 0.5) is 13.2 Å². The predicted octanol–water partition coefficient (Wildman–Crippen LogP) is 9.11. The van der Waals surface area contributed by atoms with Crippen LogP contribution in [0.2, 0.25) is 0 Å². The second-order valence-corrected chi connectivity index (χ2v) is 8.35. The van der Waals surface area contributed by atoms with Gasteiger partial charge in [0, 0.05) is 11.1 Å². The summed E-state index contributed by atoms with van der Waals surface area (Å²) in [6.07, 6.45) is 4.50. The third-order valence-corrected chi connectivity index (χ3v) is 5.81. The lowest BCUT2D eigenvalue weighted by Crippen LogP contribution is -1.98. The van der Waals surface area contributed by atoms with Gasteiger partial charge < -0.3 is 0 Å². The van der Waals surface area contributed by atoms with E-state index in [1.807, 2.05) is 42.5 Å². The molecule has 4 aromatic carbocycles. The molecule has 0 spiro atoms. The highest BCUT2D eigenvalue weighted by Gasteiger charge is 2.12. The number of rotatable bonds is 7. The molecule has 1 atom stereocenters. The smallest absolute Gasteiger partial charge is 0.166 e. The molecule has 0 aromatic heterocycles. The maximum atomic E-state index is 14.8. The summed E-state index contributed by atoms with van der Waals surface area (Å²) in [6.45, 7) is 2.15. The van der Waals surface area contributed by atoms with E-state index >= 15 is 0 Å². The second-order valence-electron chi connectivity index (χ2n) is 8.35. The molecule has 0 saturated carbocycles. The van der Waals surface area contributed by atoms with Gasteiger partial charge in [-0.25, -0.2) is 13.2 Å². The number of halogens is 3. The second kappa shape index (κ2) is 10.8. The zero-order valence-electron chi connectivity index (χ0n) is 18.9. The van der Waals surface area contributed by atoms with Crippen molar-refractivity contribution >= 4 is 23.8 Å². The summed E-state index contributed by atoms with van der Waals surface area (Å²) < 4.78 is 42.7. The fraction of sp³-hybridized carbons (Fsp3) is 0.0968. The first kappa shape index (κ1) is 23.3. The molecular formula is C31H25F3. The van der Waals surface area contributed by atoms with E-state index in [9.17, 15) is 13.2 Å². The van der Waals surface area contributed by atoms with Crippen molar-refractivity contribution in [3.63, 3.8) is 0 Å². The van der Waals surface area contributed by atoms with Crippen LogP contribution in [-0.4, -0.2) is 0 Å². The van der Waals surface area contributed by atoms with E-state index in [1.54, 1.807) is 48.5 Å². The summed E-state index contributed by atoms with van der Waals surface area (Å²) in [4.78, 5) is 0. The molecule has 0 aliphatic heterocycles. The Morgan fingerprint density at radius 2 is 1.12 bits per heavy atom. The largest absolute Gasteiger partial charge is 0.207 e. The van der Waals surface area contributed by atoms with Crippen molar-refractivity contribution in [2.75, 3.05) is 0 Å². The molecule has 0 radical (unpaired) electrons. The van der Waals surface area contributed by atoms with Crippen LogP contribution in [0.15, 0.2) is 103 Å². The van der Waals surface area contributed by atoms with Gasteiger partial charge in [-0.05, 0) is 46.7 Å². The van der Waals surface area contributed by atoms with Crippen LogP contribution in [0.3, 0.4) is 0 Å². The molecule has 0 fully saturated rings. The fourth-order valence-corrected chi connectivity index (χ4v) is 3.80. The average Bonchev–Trinajstić information content (AvgIpc) is 2.89.